The van der Waals surface area contributed by atoms with E-state index >= 15 is 0 Å². The minimum Gasteiger partial charge on any atom is -0.316 e. The standard InChI is InChI=1S/C12H24N2/c1-10-6-13-7-11(10)8-14-5-4-12(2,3)9-14/h10-11,13H,4-9H2,1-3H3. The van der Waals surface area contributed by atoms with Crippen LogP contribution in [-0.2, 0) is 0 Å². The highest BCUT2D eigenvalue weighted by atomic mass is 15.2. The van der Waals surface area contributed by atoms with Crippen molar-refractivity contribution in [3.8, 4) is 0 Å². The zero-order chi connectivity index (χ0) is 10.2. The highest BCUT2D eigenvalue weighted by Crippen LogP contribution is 2.30. The smallest absolute Gasteiger partial charge is 0.00333 e. The molecule has 2 fully saturated rings. The molecule has 1 N–H and O–H groups in total. The number of nitrogens with one attached hydrogen (secondary N) is 1. The Kier molecular flexibility index (Phi) is 2.85. The average Bonchev–Trinajstić information content (AvgIpc) is 2.61. The van der Waals surface area contributed by atoms with Crippen LogP contribution in [-0.4, -0.2) is 37.6 Å². The summed E-state index contributed by atoms with van der Waals surface area (Å²) in [6.45, 7) is 13.6. The Labute approximate surface area is 88.1 Å². The van der Waals surface area contributed by atoms with Gasteiger partial charge in [-0.1, -0.05) is 20.8 Å². The zero-order valence-corrected chi connectivity index (χ0v) is 9.84. The van der Waals surface area contributed by atoms with E-state index in [0.29, 0.717) is 5.41 Å². The van der Waals surface area contributed by atoms with E-state index in [2.05, 4.69) is 31.0 Å². The van der Waals surface area contributed by atoms with E-state index in [1.54, 1.807) is 0 Å². The number of likely N-dealkylation sites (tertiary alicyclic amines) is 1. The van der Waals surface area contributed by atoms with E-state index < -0.39 is 0 Å². The number of hydrogen-bond donors (Lipinski definition) is 1. The van der Waals surface area contributed by atoms with Crippen LogP contribution in [0, 0.1) is 17.3 Å². The minimum atomic E-state index is 0.565. The molecule has 0 aromatic carbocycles. The topological polar surface area (TPSA) is 15.3 Å². The SMILES string of the molecule is CC1CNCC1CN1CCC(C)(C)C1. The van der Waals surface area contributed by atoms with Crippen molar-refractivity contribution in [3.05, 3.63) is 0 Å². The second-order valence-corrected chi connectivity index (χ2v) is 6.04. The molecule has 2 heteroatoms. The van der Waals surface area contributed by atoms with Gasteiger partial charge in [-0.15, -0.1) is 0 Å². The quantitative estimate of drug-likeness (QED) is 0.721. The van der Waals surface area contributed by atoms with E-state index in [9.17, 15) is 0 Å². The van der Waals surface area contributed by atoms with E-state index in [1.807, 2.05) is 0 Å². The second-order valence-electron chi connectivity index (χ2n) is 6.04. The van der Waals surface area contributed by atoms with Gasteiger partial charge in [0.25, 0.3) is 0 Å². The van der Waals surface area contributed by atoms with Crippen molar-refractivity contribution in [3.63, 3.8) is 0 Å². The third-order valence-corrected chi connectivity index (χ3v) is 3.93. The Morgan fingerprint density at radius 2 is 2.14 bits per heavy atom. The van der Waals surface area contributed by atoms with Crippen LogP contribution in [0.3, 0.4) is 0 Å². The molecule has 0 bridgehead atoms. The van der Waals surface area contributed by atoms with Crippen molar-refractivity contribution < 1.29 is 0 Å². The first-order valence-corrected chi connectivity index (χ1v) is 6.00. The van der Waals surface area contributed by atoms with Gasteiger partial charge in [0.2, 0.25) is 0 Å². The van der Waals surface area contributed by atoms with E-state index in [-0.39, 0.29) is 0 Å². The summed E-state index contributed by atoms with van der Waals surface area (Å²) in [4.78, 5) is 2.66. The Balaban J connectivity index is 1.81. The van der Waals surface area contributed by atoms with Gasteiger partial charge in [0.1, 0.15) is 0 Å². The Bertz CT molecular complexity index is 200. The second kappa shape index (κ2) is 3.82. The fourth-order valence-electron chi connectivity index (χ4n) is 2.82. The molecule has 2 aliphatic heterocycles. The molecule has 0 aliphatic carbocycles. The molecule has 2 aliphatic rings. The van der Waals surface area contributed by atoms with Gasteiger partial charge in [-0.2, -0.15) is 0 Å². The van der Waals surface area contributed by atoms with Gasteiger partial charge in [-0.05, 0) is 43.3 Å². The summed E-state index contributed by atoms with van der Waals surface area (Å²) in [7, 11) is 0. The van der Waals surface area contributed by atoms with Crippen LogP contribution in [0.1, 0.15) is 27.2 Å². The summed E-state index contributed by atoms with van der Waals surface area (Å²) >= 11 is 0. The van der Waals surface area contributed by atoms with Crippen molar-refractivity contribution in [1.29, 1.82) is 0 Å². The van der Waals surface area contributed by atoms with Gasteiger partial charge in [-0.3, -0.25) is 0 Å². The third kappa shape index (κ3) is 2.29. The molecule has 14 heavy (non-hydrogen) atoms. The maximum Gasteiger partial charge on any atom is 0.00333 e. The molecule has 2 heterocycles. The lowest BCUT2D eigenvalue weighted by atomic mass is 9.93. The van der Waals surface area contributed by atoms with Crippen LogP contribution in [0.2, 0.25) is 0 Å². The number of hydrogen-bond acceptors (Lipinski definition) is 2. The van der Waals surface area contributed by atoms with Gasteiger partial charge in [0.05, 0.1) is 0 Å². The third-order valence-electron chi connectivity index (χ3n) is 3.93. The van der Waals surface area contributed by atoms with Crippen LogP contribution < -0.4 is 5.32 Å². The highest BCUT2D eigenvalue weighted by molar-refractivity contribution is 4.87. The Hall–Kier alpha value is -0.0800. The molecule has 82 valence electrons. The molecule has 2 atom stereocenters. The molecule has 2 unspecified atom stereocenters. The summed E-state index contributed by atoms with van der Waals surface area (Å²) in [5.74, 6) is 1.77. The molecular formula is C12H24N2. The fourth-order valence-corrected chi connectivity index (χ4v) is 2.82. The summed E-state index contributed by atoms with van der Waals surface area (Å²) < 4.78 is 0. The summed E-state index contributed by atoms with van der Waals surface area (Å²) in [6.07, 6.45) is 1.38. The van der Waals surface area contributed by atoms with Crippen LogP contribution >= 0.6 is 0 Å². The maximum absolute atomic E-state index is 3.49. The number of rotatable bonds is 2. The van der Waals surface area contributed by atoms with Crippen LogP contribution in [0.5, 0.6) is 0 Å². The minimum absolute atomic E-state index is 0.565. The predicted octanol–water partition coefficient (Wildman–Crippen LogP) is 1.57. The predicted molar refractivity (Wildman–Crippen MR) is 60.4 cm³/mol. The summed E-state index contributed by atoms with van der Waals surface area (Å²) in [6, 6.07) is 0. The molecule has 0 saturated carbocycles. The summed E-state index contributed by atoms with van der Waals surface area (Å²) in [5, 5.41) is 3.49. The zero-order valence-electron chi connectivity index (χ0n) is 9.84. The molecule has 0 aromatic heterocycles. The maximum atomic E-state index is 3.49. The van der Waals surface area contributed by atoms with Crippen molar-refractivity contribution in [2.75, 3.05) is 32.7 Å². The molecule has 0 aromatic rings. The van der Waals surface area contributed by atoms with Gasteiger partial charge in [-0.25, -0.2) is 0 Å². The van der Waals surface area contributed by atoms with Crippen molar-refractivity contribution in [2.24, 2.45) is 17.3 Å². The monoisotopic (exact) mass is 196 g/mol. The largest absolute Gasteiger partial charge is 0.316 e. The lowest BCUT2D eigenvalue weighted by molar-refractivity contribution is 0.236. The average molecular weight is 196 g/mol. The first-order chi connectivity index (χ1) is 6.57. The van der Waals surface area contributed by atoms with Crippen molar-refractivity contribution in [2.45, 2.75) is 27.2 Å². The molecule has 0 amide bonds. The first kappa shape index (κ1) is 10.4. The van der Waals surface area contributed by atoms with Gasteiger partial charge in [0.15, 0.2) is 0 Å². The van der Waals surface area contributed by atoms with Gasteiger partial charge in [0, 0.05) is 13.1 Å². The lowest BCUT2D eigenvalue weighted by Gasteiger charge is -2.24. The van der Waals surface area contributed by atoms with Crippen LogP contribution in [0.15, 0.2) is 0 Å². The molecule has 2 rings (SSSR count). The van der Waals surface area contributed by atoms with E-state index in [1.165, 1.54) is 39.1 Å². The molecule has 2 saturated heterocycles. The van der Waals surface area contributed by atoms with Gasteiger partial charge >= 0.3 is 0 Å². The summed E-state index contributed by atoms with van der Waals surface area (Å²) in [5.41, 5.74) is 0.565. The highest BCUT2D eigenvalue weighted by Gasteiger charge is 2.32. The molecule has 0 radical (unpaired) electrons. The van der Waals surface area contributed by atoms with Gasteiger partial charge < -0.3 is 10.2 Å². The lowest BCUT2D eigenvalue weighted by Crippen LogP contribution is -2.31. The van der Waals surface area contributed by atoms with Crippen LogP contribution in [0.4, 0.5) is 0 Å². The fraction of sp³-hybridized carbons (Fsp3) is 1.00. The van der Waals surface area contributed by atoms with Crippen molar-refractivity contribution in [1.82, 2.24) is 10.2 Å². The Morgan fingerprint density at radius 3 is 2.64 bits per heavy atom. The molecule has 2 nitrogen and oxygen atoms in total. The van der Waals surface area contributed by atoms with Crippen molar-refractivity contribution >= 4 is 0 Å². The first-order valence-electron chi connectivity index (χ1n) is 6.00. The Morgan fingerprint density at radius 1 is 1.36 bits per heavy atom. The normalized spacial score (nSPS) is 37.9. The van der Waals surface area contributed by atoms with E-state index in [4.69, 9.17) is 0 Å². The molecule has 0 spiro atoms. The van der Waals surface area contributed by atoms with Crippen LogP contribution in [0.25, 0.3) is 0 Å². The molecular weight excluding hydrogens is 172 g/mol. The van der Waals surface area contributed by atoms with E-state index in [0.717, 1.165) is 11.8 Å². The number of nitrogens with zero attached hydrogens (tertiary/aromatic N) is 1.